The minimum absolute atomic E-state index is 1.13. The van der Waals surface area contributed by atoms with Crippen LogP contribution in [0.25, 0.3) is 30.9 Å². The first-order valence-corrected chi connectivity index (χ1v) is 8.86. The van der Waals surface area contributed by atoms with Crippen LogP contribution in [0.15, 0.2) is 84.9 Å². The molecule has 5 aromatic rings. The summed E-state index contributed by atoms with van der Waals surface area (Å²) in [5.41, 5.74) is 2.27. The summed E-state index contributed by atoms with van der Waals surface area (Å²) in [6.45, 7) is 0. The molecule has 0 aliphatic carbocycles. The number of hydrogen-bond donors (Lipinski definition) is 1. The first-order chi connectivity index (χ1) is 11.9. The Bertz CT molecular complexity index is 1180. The molecule has 1 nitrogen and oxygen atoms in total. The number of anilines is 2. The second kappa shape index (κ2) is 5.36. The molecule has 0 aliphatic rings. The van der Waals surface area contributed by atoms with Crippen molar-refractivity contribution in [2.75, 3.05) is 5.32 Å². The summed E-state index contributed by atoms with van der Waals surface area (Å²) >= 11 is 1.85. The Morgan fingerprint density at radius 2 is 1.33 bits per heavy atom. The third-order valence-corrected chi connectivity index (χ3v) is 5.60. The van der Waals surface area contributed by atoms with Gasteiger partial charge in [0.1, 0.15) is 0 Å². The lowest BCUT2D eigenvalue weighted by Gasteiger charge is -2.10. The van der Waals surface area contributed by atoms with Gasteiger partial charge in [-0.2, -0.15) is 0 Å². The summed E-state index contributed by atoms with van der Waals surface area (Å²) in [6, 6.07) is 30.1. The number of nitrogens with one attached hydrogen (secondary N) is 1. The monoisotopic (exact) mass is 325 g/mol. The number of rotatable bonds is 2. The summed E-state index contributed by atoms with van der Waals surface area (Å²) in [6.07, 6.45) is 0. The van der Waals surface area contributed by atoms with Crippen LogP contribution in [-0.4, -0.2) is 0 Å². The van der Waals surface area contributed by atoms with Gasteiger partial charge in [0.2, 0.25) is 0 Å². The zero-order valence-corrected chi connectivity index (χ0v) is 13.8. The van der Waals surface area contributed by atoms with E-state index in [1.807, 2.05) is 11.3 Å². The maximum absolute atomic E-state index is 3.60. The quantitative estimate of drug-likeness (QED) is 0.370. The van der Waals surface area contributed by atoms with Crippen LogP contribution in [0.5, 0.6) is 0 Å². The van der Waals surface area contributed by atoms with E-state index in [1.165, 1.54) is 30.9 Å². The van der Waals surface area contributed by atoms with Crippen molar-refractivity contribution in [3.63, 3.8) is 0 Å². The van der Waals surface area contributed by atoms with Crippen molar-refractivity contribution >= 4 is 53.7 Å². The predicted molar refractivity (Wildman–Crippen MR) is 107 cm³/mol. The van der Waals surface area contributed by atoms with Crippen molar-refractivity contribution in [1.82, 2.24) is 0 Å². The maximum Gasteiger partial charge on any atom is 0.0463 e. The van der Waals surface area contributed by atoms with Gasteiger partial charge in [-0.3, -0.25) is 0 Å². The Hall–Kier alpha value is -2.84. The summed E-state index contributed by atoms with van der Waals surface area (Å²) < 4.78 is 2.68. The van der Waals surface area contributed by atoms with E-state index in [9.17, 15) is 0 Å². The maximum atomic E-state index is 3.60. The molecule has 24 heavy (non-hydrogen) atoms. The average molecular weight is 325 g/mol. The van der Waals surface area contributed by atoms with Crippen LogP contribution in [0.3, 0.4) is 0 Å². The fourth-order valence-corrected chi connectivity index (χ4v) is 4.38. The lowest BCUT2D eigenvalue weighted by molar-refractivity contribution is 1.61. The smallest absolute Gasteiger partial charge is 0.0463 e. The Morgan fingerprint density at radius 1 is 0.583 bits per heavy atom. The fourth-order valence-electron chi connectivity index (χ4n) is 3.29. The highest BCUT2D eigenvalue weighted by molar-refractivity contribution is 7.25. The first kappa shape index (κ1) is 13.6. The molecule has 1 heterocycles. The molecule has 0 bridgehead atoms. The van der Waals surface area contributed by atoms with E-state index in [4.69, 9.17) is 0 Å². The van der Waals surface area contributed by atoms with Crippen LogP contribution < -0.4 is 5.32 Å². The van der Waals surface area contributed by atoms with Crippen molar-refractivity contribution in [2.24, 2.45) is 0 Å². The molecular weight excluding hydrogens is 310 g/mol. The highest BCUT2D eigenvalue weighted by Crippen LogP contribution is 2.36. The summed E-state index contributed by atoms with van der Waals surface area (Å²) in [5, 5.41) is 8.75. The molecule has 0 amide bonds. The molecule has 2 heteroatoms. The fraction of sp³-hybridized carbons (Fsp3) is 0. The molecule has 5 rings (SSSR count). The molecule has 0 radical (unpaired) electrons. The second-order valence-electron chi connectivity index (χ2n) is 5.96. The molecule has 4 aromatic carbocycles. The molecule has 0 fully saturated rings. The highest BCUT2D eigenvalue weighted by atomic mass is 32.1. The normalized spacial score (nSPS) is 11.3. The van der Waals surface area contributed by atoms with Crippen molar-refractivity contribution in [2.45, 2.75) is 0 Å². The van der Waals surface area contributed by atoms with Crippen LogP contribution in [0.1, 0.15) is 0 Å². The molecular formula is C22H15NS. The lowest BCUT2D eigenvalue weighted by atomic mass is 10.1. The second-order valence-corrected chi connectivity index (χ2v) is 7.04. The van der Waals surface area contributed by atoms with Gasteiger partial charge in [-0.25, -0.2) is 0 Å². The highest BCUT2D eigenvalue weighted by Gasteiger charge is 2.06. The molecule has 1 aromatic heterocycles. The third kappa shape index (κ3) is 2.15. The minimum atomic E-state index is 1.13. The topological polar surface area (TPSA) is 12.0 Å². The molecule has 0 saturated heterocycles. The first-order valence-electron chi connectivity index (χ1n) is 8.04. The number of hydrogen-bond acceptors (Lipinski definition) is 2. The molecule has 0 spiro atoms. The molecule has 0 saturated carbocycles. The summed E-state index contributed by atoms with van der Waals surface area (Å²) in [7, 11) is 0. The van der Waals surface area contributed by atoms with Gasteiger partial charge in [0, 0.05) is 36.9 Å². The summed E-state index contributed by atoms with van der Waals surface area (Å²) in [4.78, 5) is 0. The van der Waals surface area contributed by atoms with E-state index in [-0.39, 0.29) is 0 Å². The SMILES string of the molecule is c1ccc2c(Nc3ccc4sc5ccccc5c4c3)cccc2c1. The third-order valence-electron chi connectivity index (χ3n) is 4.45. The van der Waals surface area contributed by atoms with E-state index in [0.29, 0.717) is 0 Å². The van der Waals surface area contributed by atoms with Crippen molar-refractivity contribution < 1.29 is 0 Å². The van der Waals surface area contributed by atoms with Gasteiger partial charge in [0.25, 0.3) is 0 Å². The Kier molecular flexibility index (Phi) is 3.03. The number of fused-ring (bicyclic) bond motifs is 4. The molecule has 1 N–H and O–H groups in total. The van der Waals surface area contributed by atoms with Gasteiger partial charge in [-0.05, 0) is 35.7 Å². The van der Waals surface area contributed by atoms with E-state index in [2.05, 4.69) is 90.2 Å². The van der Waals surface area contributed by atoms with Crippen molar-refractivity contribution in [1.29, 1.82) is 0 Å². The number of benzene rings is 4. The minimum Gasteiger partial charge on any atom is -0.355 e. The van der Waals surface area contributed by atoms with Crippen molar-refractivity contribution in [3.8, 4) is 0 Å². The average Bonchev–Trinajstić information content (AvgIpc) is 3.00. The Balaban J connectivity index is 1.65. The van der Waals surface area contributed by atoms with Gasteiger partial charge in [-0.1, -0.05) is 54.6 Å². The van der Waals surface area contributed by atoms with E-state index in [0.717, 1.165) is 11.4 Å². The van der Waals surface area contributed by atoms with Gasteiger partial charge in [0.15, 0.2) is 0 Å². The lowest BCUT2D eigenvalue weighted by Crippen LogP contribution is -1.91. The Morgan fingerprint density at radius 3 is 2.29 bits per heavy atom. The van der Waals surface area contributed by atoms with Gasteiger partial charge < -0.3 is 5.32 Å². The standard InChI is InChI=1S/C22H15NS/c1-2-8-17-15(6-1)7-5-10-20(17)23-16-12-13-22-19(14-16)18-9-3-4-11-21(18)24-22/h1-14,23H. The zero-order valence-electron chi connectivity index (χ0n) is 13.0. The van der Waals surface area contributed by atoms with Gasteiger partial charge >= 0.3 is 0 Å². The van der Waals surface area contributed by atoms with Crippen LogP contribution in [0.4, 0.5) is 11.4 Å². The molecule has 0 unspecified atom stereocenters. The van der Waals surface area contributed by atoms with Gasteiger partial charge in [-0.15, -0.1) is 11.3 Å². The summed E-state index contributed by atoms with van der Waals surface area (Å²) in [5.74, 6) is 0. The van der Waals surface area contributed by atoms with E-state index in [1.54, 1.807) is 0 Å². The number of thiophene rings is 1. The largest absolute Gasteiger partial charge is 0.355 e. The van der Waals surface area contributed by atoms with Crippen LogP contribution in [-0.2, 0) is 0 Å². The zero-order chi connectivity index (χ0) is 15.9. The van der Waals surface area contributed by atoms with E-state index >= 15 is 0 Å². The molecule has 114 valence electrons. The van der Waals surface area contributed by atoms with Gasteiger partial charge in [0.05, 0.1) is 0 Å². The predicted octanol–water partition coefficient (Wildman–Crippen LogP) is 6.95. The van der Waals surface area contributed by atoms with Crippen LogP contribution in [0, 0.1) is 0 Å². The Labute approximate surface area is 144 Å². The van der Waals surface area contributed by atoms with Crippen molar-refractivity contribution in [3.05, 3.63) is 84.9 Å². The molecule has 0 aliphatic heterocycles. The molecule has 0 atom stereocenters. The van der Waals surface area contributed by atoms with E-state index < -0.39 is 0 Å². The van der Waals surface area contributed by atoms with Crippen LogP contribution >= 0.6 is 11.3 Å². The van der Waals surface area contributed by atoms with Crippen LogP contribution in [0.2, 0.25) is 0 Å².